The second kappa shape index (κ2) is 3.46. The molecule has 13 heavy (non-hydrogen) atoms. The Kier molecular flexibility index (Phi) is 2.32. The van der Waals surface area contributed by atoms with Crippen molar-refractivity contribution in [3.05, 3.63) is 24.5 Å². The highest BCUT2D eigenvalue weighted by Gasteiger charge is 2.26. The third-order valence-electron chi connectivity index (χ3n) is 3.09. The molecule has 0 atom stereocenters. The van der Waals surface area contributed by atoms with Gasteiger partial charge in [0, 0.05) is 24.5 Å². The summed E-state index contributed by atoms with van der Waals surface area (Å²) in [7, 11) is 2.33. The highest BCUT2D eigenvalue weighted by molar-refractivity contribution is 5.40. The zero-order valence-electron chi connectivity index (χ0n) is 8.24. The van der Waals surface area contributed by atoms with Gasteiger partial charge in [-0.2, -0.15) is 0 Å². The maximum atomic E-state index is 4.06. The first-order valence-electron chi connectivity index (χ1n) is 5.06. The molecule has 1 aromatic rings. The van der Waals surface area contributed by atoms with E-state index in [1.54, 1.807) is 0 Å². The number of quaternary nitrogens is 1. The topological polar surface area (TPSA) is 12.9 Å². The van der Waals surface area contributed by atoms with Crippen LogP contribution in [-0.4, -0.2) is 25.1 Å². The molecule has 1 aliphatic rings. The molecular formula is C11H17N2+. The fourth-order valence-electron chi connectivity index (χ4n) is 2.17. The number of pyridine rings is 1. The standard InChI is InChI=1S/C11H17N2/c1-13(9-3-2-4-10-13)11-5-7-12-8-6-11/h5-8H,2-4,9-10H2,1H3/q+1. The van der Waals surface area contributed by atoms with Crippen LogP contribution in [0.5, 0.6) is 0 Å². The van der Waals surface area contributed by atoms with E-state index in [0.29, 0.717) is 0 Å². The molecule has 0 aliphatic carbocycles. The van der Waals surface area contributed by atoms with Gasteiger partial charge >= 0.3 is 0 Å². The average molecular weight is 177 g/mol. The van der Waals surface area contributed by atoms with E-state index in [-0.39, 0.29) is 0 Å². The monoisotopic (exact) mass is 177 g/mol. The highest BCUT2D eigenvalue weighted by atomic mass is 15.3. The fourth-order valence-corrected chi connectivity index (χ4v) is 2.17. The van der Waals surface area contributed by atoms with E-state index in [4.69, 9.17) is 0 Å². The largest absolute Gasteiger partial charge is 0.293 e. The average Bonchev–Trinajstić information content (AvgIpc) is 2.20. The maximum Gasteiger partial charge on any atom is 0.135 e. The molecule has 0 unspecified atom stereocenters. The lowest BCUT2D eigenvalue weighted by Gasteiger charge is -2.37. The van der Waals surface area contributed by atoms with Gasteiger partial charge in [0.2, 0.25) is 0 Å². The second-order valence-electron chi connectivity index (χ2n) is 4.11. The molecule has 2 nitrogen and oxygen atoms in total. The molecule has 0 amide bonds. The van der Waals surface area contributed by atoms with Gasteiger partial charge in [-0.3, -0.25) is 9.47 Å². The zero-order chi connectivity index (χ0) is 9.15. The number of likely N-dealkylation sites (tertiary alicyclic amines) is 1. The van der Waals surface area contributed by atoms with Crippen LogP contribution in [0.25, 0.3) is 0 Å². The quantitative estimate of drug-likeness (QED) is 0.599. The lowest BCUT2D eigenvalue weighted by atomic mass is 10.1. The van der Waals surface area contributed by atoms with Crippen LogP contribution in [0.2, 0.25) is 0 Å². The molecule has 0 saturated carbocycles. The van der Waals surface area contributed by atoms with Crippen molar-refractivity contribution in [3.8, 4) is 0 Å². The van der Waals surface area contributed by atoms with E-state index in [0.717, 1.165) is 4.48 Å². The van der Waals surface area contributed by atoms with E-state index < -0.39 is 0 Å². The van der Waals surface area contributed by atoms with Crippen molar-refractivity contribution in [1.82, 2.24) is 9.47 Å². The predicted molar refractivity (Wildman–Crippen MR) is 55.5 cm³/mol. The first kappa shape index (κ1) is 8.70. The van der Waals surface area contributed by atoms with Crippen molar-refractivity contribution in [2.75, 3.05) is 20.1 Å². The van der Waals surface area contributed by atoms with Crippen molar-refractivity contribution < 1.29 is 0 Å². The molecule has 2 heterocycles. The number of hydrogen-bond acceptors (Lipinski definition) is 1. The van der Waals surface area contributed by atoms with Crippen LogP contribution in [0.15, 0.2) is 24.5 Å². The molecule has 0 radical (unpaired) electrons. The Labute approximate surface area is 79.8 Å². The van der Waals surface area contributed by atoms with E-state index in [2.05, 4.69) is 24.2 Å². The lowest BCUT2D eigenvalue weighted by molar-refractivity contribution is 0.274. The summed E-state index contributed by atoms with van der Waals surface area (Å²) in [5.74, 6) is 0. The fraction of sp³-hybridized carbons (Fsp3) is 0.545. The van der Waals surface area contributed by atoms with Crippen LogP contribution in [-0.2, 0) is 0 Å². The van der Waals surface area contributed by atoms with Crippen LogP contribution in [0, 0.1) is 0 Å². The summed E-state index contributed by atoms with van der Waals surface area (Å²) in [5, 5.41) is 0. The van der Waals surface area contributed by atoms with Gasteiger partial charge in [-0.25, -0.2) is 0 Å². The summed E-state index contributed by atoms with van der Waals surface area (Å²) < 4.78 is 1.10. The number of hydrogen-bond donors (Lipinski definition) is 0. The van der Waals surface area contributed by atoms with E-state index >= 15 is 0 Å². The minimum absolute atomic E-state index is 1.10. The van der Waals surface area contributed by atoms with E-state index in [1.165, 1.54) is 38.0 Å². The van der Waals surface area contributed by atoms with Crippen LogP contribution >= 0.6 is 0 Å². The first-order valence-corrected chi connectivity index (χ1v) is 5.06. The lowest BCUT2D eigenvalue weighted by Crippen LogP contribution is -2.48. The number of aromatic nitrogens is 1. The molecule has 1 aliphatic heterocycles. The Morgan fingerprint density at radius 2 is 1.69 bits per heavy atom. The van der Waals surface area contributed by atoms with Gasteiger partial charge in [0.15, 0.2) is 0 Å². The van der Waals surface area contributed by atoms with Gasteiger partial charge < -0.3 is 0 Å². The third-order valence-corrected chi connectivity index (χ3v) is 3.09. The van der Waals surface area contributed by atoms with Crippen molar-refractivity contribution in [2.45, 2.75) is 19.3 Å². The van der Waals surface area contributed by atoms with Gasteiger partial charge in [0.1, 0.15) is 5.69 Å². The van der Waals surface area contributed by atoms with E-state index in [1.807, 2.05) is 12.4 Å². The van der Waals surface area contributed by atoms with Crippen LogP contribution in [0.1, 0.15) is 19.3 Å². The first-order chi connectivity index (χ1) is 6.31. The smallest absolute Gasteiger partial charge is 0.135 e. The molecule has 2 heteroatoms. The molecule has 1 aromatic heterocycles. The molecule has 0 bridgehead atoms. The summed E-state index contributed by atoms with van der Waals surface area (Å²) in [6, 6.07) is 4.29. The molecule has 70 valence electrons. The Hall–Kier alpha value is -0.890. The number of rotatable bonds is 1. The summed E-state index contributed by atoms with van der Waals surface area (Å²) in [5.41, 5.74) is 1.41. The van der Waals surface area contributed by atoms with Gasteiger partial charge in [0.25, 0.3) is 0 Å². The predicted octanol–water partition coefficient (Wildman–Crippen LogP) is 2.20. The Morgan fingerprint density at radius 1 is 1.08 bits per heavy atom. The SMILES string of the molecule is C[N+]1(c2ccncc2)CCCCC1. The minimum atomic E-state index is 1.10. The van der Waals surface area contributed by atoms with Crippen LogP contribution in [0.3, 0.4) is 0 Å². The summed E-state index contributed by atoms with van der Waals surface area (Å²) in [6.45, 7) is 2.56. The summed E-state index contributed by atoms with van der Waals surface area (Å²) in [6.07, 6.45) is 7.91. The normalized spacial score (nSPS) is 21.3. The van der Waals surface area contributed by atoms with Gasteiger partial charge in [0.05, 0.1) is 20.1 Å². The Balaban J connectivity index is 2.23. The summed E-state index contributed by atoms with van der Waals surface area (Å²) in [4.78, 5) is 4.06. The number of nitrogens with zero attached hydrogens (tertiary/aromatic N) is 2. The molecule has 0 N–H and O–H groups in total. The molecule has 0 aromatic carbocycles. The van der Waals surface area contributed by atoms with Crippen molar-refractivity contribution >= 4 is 5.69 Å². The summed E-state index contributed by atoms with van der Waals surface area (Å²) >= 11 is 0. The molecule has 0 spiro atoms. The zero-order valence-corrected chi connectivity index (χ0v) is 8.24. The highest BCUT2D eigenvalue weighted by Crippen LogP contribution is 2.25. The van der Waals surface area contributed by atoms with Gasteiger partial charge in [-0.15, -0.1) is 0 Å². The Morgan fingerprint density at radius 3 is 2.31 bits per heavy atom. The van der Waals surface area contributed by atoms with Gasteiger partial charge in [-0.05, 0) is 19.3 Å². The van der Waals surface area contributed by atoms with Crippen molar-refractivity contribution in [3.63, 3.8) is 0 Å². The van der Waals surface area contributed by atoms with Crippen molar-refractivity contribution in [2.24, 2.45) is 0 Å². The van der Waals surface area contributed by atoms with Gasteiger partial charge in [-0.1, -0.05) is 0 Å². The van der Waals surface area contributed by atoms with Crippen LogP contribution < -0.4 is 4.48 Å². The van der Waals surface area contributed by atoms with Crippen molar-refractivity contribution in [1.29, 1.82) is 0 Å². The molecule has 1 saturated heterocycles. The van der Waals surface area contributed by atoms with Crippen LogP contribution in [0.4, 0.5) is 5.69 Å². The Bertz CT molecular complexity index is 263. The van der Waals surface area contributed by atoms with E-state index in [9.17, 15) is 0 Å². The number of piperidine rings is 1. The minimum Gasteiger partial charge on any atom is -0.293 e. The second-order valence-corrected chi connectivity index (χ2v) is 4.11. The molecule has 1 fully saturated rings. The molecular weight excluding hydrogens is 160 g/mol. The molecule has 2 rings (SSSR count). The maximum absolute atomic E-state index is 4.06. The third kappa shape index (κ3) is 1.73.